The Bertz CT molecular complexity index is 572. The Balaban J connectivity index is 2.35. The summed E-state index contributed by atoms with van der Waals surface area (Å²) in [6.07, 6.45) is 0. The Morgan fingerprint density at radius 3 is 2.60 bits per heavy atom. The summed E-state index contributed by atoms with van der Waals surface area (Å²) < 4.78 is 13.8. The zero-order valence-electron chi connectivity index (χ0n) is 11.7. The standard InChI is InChI=1S/C14H17FN2O3/c1-14(2)13(20)16(3)6-7-17(14)12(19)10-5-4-9(18)8-11(10)15/h4-5,8,18H,6-7H2,1-3H3. The van der Waals surface area contributed by atoms with E-state index in [0.29, 0.717) is 13.1 Å². The topological polar surface area (TPSA) is 60.9 Å². The number of aromatic hydroxyl groups is 1. The number of hydrogen-bond donors (Lipinski definition) is 1. The van der Waals surface area contributed by atoms with Gasteiger partial charge in [-0.05, 0) is 26.0 Å². The lowest BCUT2D eigenvalue weighted by atomic mass is 9.96. The second-order valence-corrected chi connectivity index (χ2v) is 5.41. The first-order chi connectivity index (χ1) is 9.25. The van der Waals surface area contributed by atoms with Gasteiger partial charge in [0, 0.05) is 26.2 Å². The molecule has 1 aliphatic heterocycles. The molecule has 0 aromatic heterocycles. The van der Waals surface area contributed by atoms with E-state index >= 15 is 0 Å². The number of halogens is 1. The molecule has 1 aromatic rings. The highest BCUT2D eigenvalue weighted by atomic mass is 19.1. The van der Waals surface area contributed by atoms with Gasteiger partial charge < -0.3 is 14.9 Å². The summed E-state index contributed by atoms with van der Waals surface area (Å²) >= 11 is 0. The van der Waals surface area contributed by atoms with Gasteiger partial charge in [-0.2, -0.15) is 0 Å². The smallest absolute Gasteiger partial charge is 0.257 e. The van der Waals surface area contributed by atoms with E-state index in [2.05, 4.69) is 0 Å². The third kappa shape index (κ3) is 2.21. The summed E-state index contributed by atoms with van der Waals surface area (Å²) in [5.41, 5.74) is -1.16. The molecule has 2 amide bonds. The number of benzene rings is 1. The van der Waals surface area contributed by atoms with Crippen LogP contribution in [0.4, 0.5) is 4.39 Å². The lowest BCUT2D eigenvalue weighted by Crippen LogP contribution is -2.63. The lowest BCUT2D eigenvalue weighted by molar-refractivity contribution is -0.144. The van der Waals surface area contributed by atoms with Crippen LogP contribution in [-0.2, 0) is 4.79 Å². The van der Waals surface area contributed by atoms with Gasteiger partial charge in [-0.1, -0.05) is 0 Å². The van der Waals surface area contributed by atoms with Gasteiger partial charge in [0.05, 0.1) is 5.56 Å². The molecular formula is C14H17FN2O3. The maximum atomic E-state index is 13.8. The fourth-order valence-corrected chi connectivity index (χ4v) is 2.39. The zero-order chi connectivity index (χ0) is 15.1. The van der Waals surface area contributed by atoms with Crippen molar-refractivity contribution in [1.29, 1.82) is 0 Å². The molecule has 1 saturated heterocycles. The van der Waals surface area contributed by atoms with E-state index < -0.39 is 17.3 Å². The summed E-state index contributed by atoms with van der Waals surface area (Å²) in [6.45, 7) is 4.03. The van der Waals surface area contributed by atoms with E-state index in [1.807, 2.05) is 0 Å². The van der Waals surface area contributed by atoms with Crippen LogP contribution in [0, 0.1) is 5.82 Å². The molecule has 0 radical (unpaired) electrons. The Morgan fingerprint density at radius 1 is 1.35 bits per heavy atom. The average molecular weight is 280 g/mol. The van der Waals surface area contributed by atoms with Crippen molar-refractivity contribution in [2.75, 3.05) is 20.1 Å². The molecule has 1 N–H and O–H groups in total. The zero-order valence-corrected chi connectivity index (χ0v) is 11.7. The molecule has 1 heterocycles. The van der Waals surface area contributed by atoms with E-state index in [9.17, 15) is 19.1 Å². The second kappa shape index (κ2) is 4.77. The minimum atomic E-state index is -1.02. The summed E-state index contributed by atoms with van der Waals surface area (Å²) in [7, 11) is 1.67. The van der Waals surface area contributed by atoms with Crippen LogP contribution in [-0.4, -0.2) is 52.4 Å². The van der Waals surface area contributed by atoms with Crippen molar-refractivity contribution in [2.45, 2.75) is 19.4 Å². The molecule has 20 heavy (non-hydrogen) atoms. The highest BCUT2D eigenvalue weighted by Gasteiger charge is 2.43. The van der Waals surface area contributed by atoms with Crippen molar-refractivity contribution in [2.24, 2.45) is 0 Å². The minimum absolute atomic E-state index is 0.145. The van der Waals surface area contributed by atoms with Crippen molar-refractivity contribution >= 4 is 11.8 Å². The fraction of sp³-hybridized carbons (Fsp3) is 0.429. The Kier molecular flexibility index (Phi) is 3.41. The number of rotatable bonds is 1. The monoisotopic (exact) mass is 280 g/mol. The number of piperazine rings is 1. The average Bonchev–Trinajstić information content (AvgIpc) is 2.35. The fourth-order valence-electron chi connectivity index (χ4n) is 2.39. The first kappa shape index (κ1) is 14.3. The Labute approximate surface area is 116 Å². The number of phenols is 1. The summed E-state index contributed by atoms with van der Waals surface area (Å²) in [5, 5.41) is 9.18. The number of carbonyl (C=O) groups is 2. The number of nitrogens with zero attached hydrogens (tertiary/aromatic N) is 2. The van der Waals surface area contributed by atoms with E-state index in [1.54, 1.807) is 25.8 Å². The summed E-state index contributed by atoms with van der Waals surface area (Å²) in [4.78, 5) is 27.5. The van der Waals surface area contributed by atoms with Crippen LogP contribution in [0.25, 0.3) is 0 Å². The lowest BCUT2D eigenvalue weighted by Gasteiger charge is -2.44. The predicted molar refractivity (Wildman–Crippen MR) is 70.8 cm³/mol. The Morgan fingerprint density at radius 2 is 2.00 bits per heavy atom. The molecule has 6 heteroatoms. The maximum Gasteiger partial charge on any atom is 0.257 e. The molecule has 5 nitrogen and oxygen atoms in total. The first-order valence-corrected chi connectivity index (χ1v) is 6.31. The van der Waals surface area contributed by atoms with Gasteiger partial charge in [0.15, 0.2) is 0 Å². The number of hydrogen-bond acceptors (Lipinski definition) is 3. The van der Waals surface area contributed by atoms with Crippen molar-refractivity contribution in [1.82, 2.24) is 9.80 Å². The van der Waals surface area contributed by atoms with Crippen LogP contribution in [0.1, 0.15) is 24.2 Å². The molecule has 0 aliphatic carbocycles. The van der Waals surface area contributed by atoms with Crippen LogP contribution in [0.3, 0.4) is 0 Å². The molecule has 2 rings (SSSR count). The van der Waals surface area contributed by atoms with Crippen LogP contribution in [0.2, 0.25) is 0 Å². The molecule has 1 aromatic carbocycles. The van der Waals surface area contributed by atoms with Crippen LogP contribution in [0.15, 0.2) is 18.2 Å². The number of amides is 2. The second-order valence-electron chi connectivity index (χ2n) is 5.41. The van der Waals surface area contributed by atoms with E-state index in [0.717, 1.165) is 6.07 Å². The van der Waals surface area contributed by atoms with Gasteiger partial charge in [0.25, 0.3) is 5.91 Å². The third-order valence-corrected chi connectivity index (χ3v) is 3.63. The number of carbonyl (C=O) groups excluding carboxylic acids is 2. The number of phenolic OH excluding ortho intramolecular Hbond substituents is 1. The summed E-state index contributed by atoms with van der Waals surface area (Å²) in [6, 6.07) is 3.37. The molecular weight excluding hydrogens is 263 g/mol. The molecule has 0 bridgehead atoms. The number of likely N-dealkylation sites (N-methyl/N-ethyl adjacent to an activating group) is 1. The van der Waals surface area contributed by atoms with Gasteiger partial charge in [-0.25, -0.2) is 4.39 Å². The molecule has 0 saturated carbocycles. The minimum Gasteiger partial charge on any atom is -0.508 e. The first-order valence-electron chi connectivity index (χ1n) is 6.31. The highest BCUT2D eigenvalue weighted by molar-refractivity contribution is 5.99. The molecule has 1 aliphatic rings. The van der Waals surface area contributed by atoms with E-state index in [1.165, 1.54) is 17.0 Å². The van der Waals surface area contributed by atoms with Crippen molar-refractivity contribution in [3.8, 4) is 5.75 Å². The van der Waals surface area contributed by atoms with Gasteiger partial charge >= 0.3 is 0 Å². The van der Waals surface area contributed by atoms with Gasteiger partial charge in [0.1, 0.15) is 17.1 Å². The van der Waals surface area contributed by atoms with Gasteiger partial charge in [-0.3, -0.25) is 9.59 Å². The molecule has 1 fully saturated rings. The van der Waals surface area contributed by atoms with Crippen molar-refractivity contribution in [3.63, 3.8) is 0 Å². The molecule has 0 atom stereocenters. The van der Waals surface area contributed by atoms with Gasteiger partial charge in [-0.15, -0.1) is 0 Å². The van der Waals surface area contributed by atoms with Crippen LogP contribution >= 0.6 is 0 Å². The largest absolute Gasteiger partial charge is 0.508 e. The van der Waals surface area contributed by atoms with Crippen LogP contribution < -0.4 is 0 Å². The Hall–Kier alpha value is -2.11. The molecule has 0 unspecified atom stereocenters. The molecule has 108 valence electrons. The van der Waals surface area contributed by atoms with E-state index in [4.69, 9.17) is 0 Å². The quantitative estimate of drug-likeness (QED) is 0.841. The van der Waals surface area contributed by atoms with E-state index in [-0.39, 0.29) is 17.2 Å². The van der Waals surface area contributed by atoms with Gasteiger partial charge in [0.2, 0.25) is 5.91 Å². The van der Waals surface area contributed by atoms with Crippen LogP contribution in [0.5, 0.6) is 5.75 Å². The predicted octanol–water partition coefficient (Wildman–Crippen LogP) is 1.22. The third-order valence-electron chi connectivity index (χ3n) is 3.63. The normalized spacial score (nSPS) is 18.3. The van der Waals surface area contributed by atoms with Crippen molar-refractivity contribution < 1.29 is 19.1 Å². The summed E-state index contributed by atoms with van der Waals surface area (Å²) in [5.74, 6) is -1.77. The SMILES string of the molecule is CN1CCN(C(=O)c2ccc(O)cc2F)C(C)(C)C1=O. The highest BCUT2D eigenvalue weighted by Crippen LogP contribution is 2.25. The maximum absolute atomic E-state index is 13.8. The van der Waals surface area contributed by atoms with Crippen molar-refractivity contribution in [3.05, 3.63) is 29.6 Å². The molecule has 0 spiro atoms.